The van der Waals surface area contributed by atoms with Crippen molar-refractivity contribution in [2.45, 2.75) is 26.7 Å². The minimum Gasteiger partial charge on any atom is -0.338 e. The van der Waals surface area contributed by atoms with Gasteiger partial charge in [0, 0.05) is 38.1 Å². The molecule has 1 aliphatic heterocycles. The summed E-state index contributed by atoms with van der Waals surface area (Å²) in [5.74, 6) is -0.0916. The quantitative estimate of drug-likeness (QED) is 0.446. The molecule has 178 valence electrons. The highest BCUT2D eigenvalue weighted by Crippen LogP contribution is 2.27. The molecule has 1 amide bonds. The maximum absolute atomic E-state index is 15.4. The van der Waals surface area contributed by atoms with E-state index >= 15 is 4.39 Å². The van der Waals surface area contributed by atoms with Crippen molar-refractivity contribution in [2.75, 3.05) is 13.1 Å². The van der Waals surface area contributed by atoms with Gasteiger partial charge in [-0.15, -0.1) is 0 Å². The number of halogens is 1. The second kappa shape index (κ2) is 8.94. The van der Waals surface area contributed by atoms with Crippen molar-refractivity contribution < 1.29 is 9.18 Å². The Morgan fingerprint density at radius 1 is 1.14 bits per heavy atom. The van der Waals surface area contributed by atoms with Gasteiger partial charge in [-0.1, -0.05) is 25.1 Å². The first-order chi connectivity index (χ1) is 16.8. The molecule has 5 rings (SSSR count). The van der Waals surface area contributed by atoms with Crippen LogP contribution in [0.4, 0.5) is 4.39 Å². The van der Waals surface area contributed by atoms with Crippen molar-refractivity contribution in [1.29, 1.82) is 0 Å². The van der Waals surface area contributed by atoms with Gasteiger partial charge in [-0.3, -0.25) is 9.78 Å². The van der Waals surface area contributed by atoms with E-state index in [0.717, 1.165) is 27.6 Å². The molecule has 0 N–H and O–H groups in total. The number of aromatic nitrogens is 4. The lowest BCUT2D eigenvalue weighted by atomic mass is 10.0. The standard InChI is InChI=1S/C27H26FN5O2/c1-4-26(34)32-10-9-18(16-32)12-25-30-31(3)27(35)33(25)24-8-7-19(13-22(24)28)20-5-6-21-11-17(2)15-29-23(21)14-20/h5-8,11-15H,4,9-10,16H2,1-3H3/b18-12+. The number of likely N-dealkylation sites (tertiary alicyclic amines) is 1. The van der Waals surface area contributed by atoms with Crippen LogP contribution < -0.4 is 5.69 Å². The third kappa shape index (κ3) is 4.27. The van der Waals surface area contributed by atoms with Crippen LogP contribution in [-0.2, 0) is 11.8 Å². The van der Waals surface area contributed by atoms with Crippen LogP contribution in [0.1, 0.15) is 31.2 Å². The Morgan fingerprint density at radius 2 is 1.91 bits per heavy atom. The minimum atomic E-state index is -0.525. The smallest absolute Gasteiger partial charge is 0.338 e. The summed E-state index contributed by atoms with van der Waals surface area (Å²) in [7, 11) is 1.54. The second-order valence-electron chi connectivity index (χ2n) is 8.91. The van der Waals surface area contributed by atoms with E-state index in [9.17, 15) is 9.59 Å². The van der Waals surface area contributed by atoms with E-state index in [-0.39, 0.29) is 11.6 Å². The molecule has 0 spiro atoms. The monoisotopic (exact) mass is 471 g/mol. The number of nitrogens with zero attached hydrogens (tertiary/aromatic N) is 5. The number of hydrogen-bond donors (Lipinski definition) is 0. The maximum Gasteiger partial charge on any atom is 0.350 e. The van der Waals surface area contributed by atoms with E-state index in [1.807, 2.05) is 38.2 Å². The molecule has 0 unspecified atom stereocenters. The number of hydrogen-bond acceptors (Lipinski definition) is 4. The second-order valence-corrected chi connectivity index (χ2v) is 8.91. The molecule has 8 heteroatoms. The van der Waals surface area contributed by atoms with E-state index < -0.39 is 11.5 Å². The van der Waals surface area contributed by atoms with Crippen molar-refractivity contribution in [3.05, 3.63) is 81.9 Å². The molecule has 35 heavy (non-hydrogen) atoms. The van der Waals surface area contributed by atoms with Crippen LogP contribution in [0, 0.1) is 12.7 Å². The van der Waals surface area contributed by atoms with Crippen LogP contribution in [0.25, 0.3) is 33.8 Å². The van der Waals surface area contributed by atoms with Crippen LogP contribution in [0.3, 0.4) is 0 Å². The Kier molecular flexibility index (Phi) is 5.80. The van der Waals surface area contributed by atoms with Gasteiger partial charge in [0.25, 0.3) is 0 Å². The van der Waals surface area contributed by atoms with Crippen molar-refractivity contribution in [1.82, 2.24) is 24.2 Å². The van der Waals surface area contributed by atoms with Crippen LogP contribution in [0.5, 0.6) is 0 Å². The van der Waals surface area contributed by atoms with Crippen molar-refractivity contribution >= 4 is 22.9 Å². The number of fused-ring (bicyclic) bond motifs is 1. The van der Waals surface area contributed by atoms with Gasteiger partial charge in [0.1, 0.15) is 5.82 Å². The first-order valence-corrected chi connectivity index (χ1v) is 11.6. The lowest BCUT2D eigenvalue weighted by Gasteiger charge is -2.13. The number of aryl methyl sites for hydroxylation is 2. The van der Waals surface area contributed by atoms with Gasteiger partial charge in [0.2, 0.25) is 5.91 Å². The van der Waals surface area contributed by atoms with E-state index in [0.29, 0.717) is 37.3 Å². The van der Waals surface area contributed by atoms with Crippen LogP contribution >= 0.6 is 0 Å². The number of carbonyl (C=O) groups is 1. The fourth-order valence-electron chi connectivity index (χ4n) is 4.50. The lowest BCUT2D eigenvalue weighted by Crippen LogP contribution is -2.26. The number of pyridine rings is 1. The van der Waals surface area contributed by atoms with Gasteiger partial charge in [-0.25, -0.2) is 18.4 Å². The fourth-order valence-corrected chi connectivity index (χ4v) is 4.50. The molecule has 1 saturated heterocycles. The van der Waals surface area contributed by atoms with E-state index in [1.165, 1.54) is 15.3 Å². The molecule has 2 aromatic carbocycles. The molecule has 0 atom stereocenters. The lowest BCUT2D eigenvalue weighted by molar-refractivity contribution is -0.129. The number of amides is 1. The topological polar surface area (TPSA) is 73.0 Å². The Bertz CT molecular complexity index is 1550. The Balaban J connectivity index is 1.51. The van der Waals surface area contributed by atoms with Crippen LogP contribution in [0.15, 0.2) is 59.0 Å². The zero-order chi connectivity index (χ0) is 24.7. The molecular formula is C27H26FN5O2. The Labute approximate surface area is 202 Å². The van der Waals surface area contributed by atoms with Gasteiger partial charge in [-0.2, -0.15) is 5.10 Å². The highest BCUT2D eigenvalue weighted by atomic mass is 19.1. The molecule has 7 nitrogen and oxygen atoms in total. The number of benzene rings is 2. The third-order valence-electron chi connectivity index (χ3n) is 6.38. The SMILES string of the molecule is CCC(=O)N1CC/C(=C\c2nn(C)c(=O)n2-c2ccc(-c3ccc4cc(C)cnc4c3)cc2F)C1. The normalized spacial score (nSPS) is 14.9. The Hall–Kier alpha value is -4.07. The summed E-state index contributed by atoms with van der Waals surface area (Å²) in [6.45, 7) is 4.96. The summed E-state index contributed by atoms with van der Waals surface area (Å²) in [6.07, 6.45) is 4.75. The minimum absolute atomic E-state index is 0.0902. The molecule has 3 heterocycles. The molecule has 1 fully saturated rings. The summed E-state index contributed by atoms with van der Waals surface area (Å²) in [4.78, 5) is 31.1. The fraction of sp³-hybridized carbons (Fsp3) is 0.259. The van der Waals surface area contributed by atoms with E-state index in [2.05, 4.69) is 16.1 Å². The van der Waals surface area contributed by atoms with E-state index in [1.54, 1.807) is 30.2 Å². The molecule has 0 bridgehead atoms. The van der Waals surface area contributed by atoms with Gasteiger partial charge in [0.05, 0.1) is 11.2 Å². The predicted octanol–water partition coefficient (Wildman–Crippen LogP) is 4.26. The summed E-state index contributed by atoms with van der Waals surface area (Å²) >= 11 is 0. The summed E-state index contributed by atoms with van der Waals surface area (Å²) in [6, 6.07) is 12.7. The first-order valence-electron chi connectivity index (χ1n) is 11.6. The van der Waals surface area contributed by atoms with Crippen molar-refractivity contribution in [3.63, 3.8) is 0 Å². The average molecular weight is 472 g/mol. The largest absolute Gasteiger partial charge is 0.350 e. The van der Waals surface area contributed by atoms with Gasteiger partial charge in [-0.05, 0) is 65.9 Å². The molecule has 4 aromatic rings. The summed E-state index contributed by atoms with van der Waals surface area (Å²) in [5, 5.41) is 5.34. The molecule has 0 radical (unpaired) electrons. The average Bonchev–Trinajstić information content (AvgIpc) is 3.42. The zero-order valence-corrected chi connectivity index (χ0v) is 20.0. The van der Waals surface area contributed by atoms with Gasteiger partial charge in [0.15, 0.2) is 5.82 Å². The molecular weight excluding hydrogens is 445 g/mol. The third-order valence-corrected chi connectivity index (χ3v) is 6.38. The predicted molar refractivity (Wildman–Crippen MR) is 134 cm³/mol. The van der Waals surface area contributed by atoms with E-state index in [4.69, 9.17) is 0 Å². The van der Waals surface area contributed by atoms with Gasteiger partial charge >= 0.3 is 5.69 Å². The van der Waals surface area contributed by atoms with Gasteiger partial charge < -0.3 is 4.90 Å². The zero-order valence-electron chi connectivity index (χ0n) is 20.0. The molecule has 0 aliphatic carbocycles. The number of rotatable bonds is 4. The molecule has 2 aromatic heterocycles. The number of carbonyl (C=O) groups excluding carboxylic acids is 1. The summed E-state index contributed by atoms with van der Waals surface area (Å²) < 4.78 is 17.9. The molecule has 0 saturated carbocycles. The maximum atomic E-state index is 15.4. The Morgan fingerprint density at radius 3 is 2.69 bits per heavy atom. The van der Waals surface area contributed by atoms with Crippen molar-refractivity contribution in [2.24, 2.45) is 7.05 Å². The van der Waals surface area contributed by atoms with Crippen LogP contribution in [0.2, 0.25) is 0 Å². The van der Waals surface area contributed by atoms with Crippen LogP contribution in [-0.4, -0.2) is 43.2 Å². The first kappa shape index (κ1) is 22.7. The summed E-state index contributed by atoms with van der Waals surface area (Å²) in [5.41, 5.74) is 4.12. The highest BCUT2D eigenvalue weighted by molar-refractivity contribution is 5.84. The highest BCUT2D eigenvalue weighted by Gasteiger charge is 2.22. The molecule has 1 aliphatic rings. The van der Waals surface area contributed by atoms with Crippen molar-refractivity contribution in [3.8, 4) is 16.8 Å².